The number of rotatable bonds is 5. The van der Waals surface area contributed by atoms with Gasteiger partial charge in [0.1, 0.15) is 5.37 Å². The SMILES string of the molecule is CCS(=O)(=O)C1CSCCN1c1ccc(C)cc1CNC. The number of sulfone groups is 1. The van der Waals surface area contributed by atoms with Gasteiger partial charge < -0.3 is 10.2 Å². The number of nitrogens with one attached hydrogen (secondary N) is 1. The van der Waals surface area contributed by atoms with Gasteiger partial charge in [-0.2, -0.15) is 11.8 Å². The second-order valence-corrected chi connectivity index (χ2v) is 8.93. The molecule has 0 amide bonds. The minimum Gasteiger partial charge on any atom is -0.353 e. The molecule has 1 aromatic carbocycles. The van der Waals surface area contributed by atoms with Gasteiger partial charge in [-0.15, -0.1) is 0 Å². The maximum absolute atomic E-state index is 12.4. The van der Waals surface area contributed by atoms with Crippen LogP contribution >= 0.6 is 11.8 Å². The van der Waals surface area contributed by atoms with Gasteiger partial charge in [-0.25, -0.2) is 8.42 Å². The molecular weight excluding hydrogens is 304 g/mol. The molecule has 0 aliphatic carbocycles. The predicted molar refractivity (Wildman–Crippen MR) is 91.9 cm³/mol. The van der Waals surface area contributed by atoms with E-state index in [9.17, 15) is 8.42 Å². The van der Waals surface area contributed by atoms with E-state index < -0.39 is 15.2 Å². The van der Waals surface area contributed by atoms with E-state index in [-0.39, 0.29) is 5.75 Å². The highest BCUT2D eigenvalue weighted by Gasteiger charge is 2.33. The van der Waals surface area contributed by atoms with E-state index in [0.717, 1.165) is 24.5 Å². The lowest BCUT2D eigenvalue weighted by molar-refractivity contribution is 0.579. The minimum atomic E-state index is -3.08. The molecule has 1 fully saturated rings. The molecule has 4 nitrogen and oxygen atoms in total. The second kappa shape index (κ2) is 7.03. The standard InChI is InChI=1S/C15H24N2O2S2/c1-4-21(18,19)15-11-20-8-7-17(15)14-6-5-12(2)9-13(14)10-16-3/h5-6,9,15-16H,4,7-8,10-11H2,1-3H3. The number of nitrogens with zero attached hydrogens (tertiary/aromatic N) is 1. The first-order valence-corrected chi connectivity index (χ1v) is 10.2. The third-order valence-electron chi connectivity index (χ3n) is 3.81. The zero-order chi connectivity index (χ0) is 15.5. The summed E-state index contributed by atoms with van der Waals surface area (Å²) in [6.45, 7) is 5.33. The van der Waals surface area contributed by atoms with Crippen molar-refractivity contribution in [3.05, 3.63) is 29.3 Å². The van der Waals surface area contributed by atoms with Gasteiger partial charge in [-0.05, 0) is 25.6 Å². The fraction of sp³-hybridized carbons (Fsp3) is 0.600. The summed E-state index contributed by atoms with van der Waals surface area (Å²) in [6, 6.07) is 6.27. The van der Waals surface area contributed by atoms with Gasteiger partial charge in [0, 0.05) is 36.0 Å². The normalized spacial score (nSPS) is 19.8. The Morgan fingerprint density at radius 1 is 1.43 bits per heavy atom. The van der Waals surface area contributed by atoms with Crippen molar-refractivity contribution in [3.63, 3.8) is 0 Å². The van der Waals surface area contributed by atoms with Crippen molar-refractivity contribution >= 4 is 27.3 Å². The van der Waals surface area contributed by atoms with Gasteiger partial charge in [0.05, 0.1) is 0 Å². The number of thioether (sulfide) groups is 1. The molecule has 1 saturated heterocycles. The molecular formula is C15H24N2O2S2. The lowest BCUT2D eigenvalue weighted by Crippen LogP contribution is -2.48. The topological polar surface area (TPSA) is 49.4 Å². The monoisotopic (exact) mass is 328 g/mol. The van der Waals surface area contributed by atoms with E-state index in [1.54, 1.807) is 18.7 Å². The Morgan fingerprint density at radius 3 is 2.86 bits per heavy atom. The summed E-state index contributed by atoms with van der Waals surface area (Å²) in [7, 11) is -1.16. The summed E-state index contributed by atoms with van der Waals surface area (Å²) >= 11 is 1.73. The number of aryl methyl sites for hydroxylation is 1. The van der Waals surface area contributed by atoms with Crippen LogP contribution in [0.5, 0.6) is 0 Å². The van der Waals surface area contributed by atoms with Gasteiger partial charge in [0.15, 0.2) is 9.84 Å². The molecule has 0 saturated carbocycles. The van der Waals surface area contributed by atoms with Crippen molar-refractivity contribution in [2.75, 3.05) is 35.8 Å². The van der Waals surface area contributed by atoms with Crippen molar-refractivity contribution in [3.8, 4) is 0 Å². The average molecular weight is 329 g/mol. The molecule has 1 aliphatic rings. The molecule has 6 heteroatoms. The van der Waals surface area contributed by atoms with Crippen molar-refractivity contribution in [2.24, 2.45) is 0 Å². The lowest BCUT2D eigenvalue weighted by atomic mass is 10.1. The summed E-state index contributed by atoms with van der Waals surface area (Å²) in [5.74, 6) is 1.83. The molecule has 118 valence electrons. The Morgan fingerprint density at radius 2 is 2.19 bits per heavy atom. The summed E-state index contributed by atoms with van der Waals surface area (Å²) in [4.78, 5) is 2.08. The molecule has 0 aromatic heterocycles. The summed E-state index contributed by atoms with van der Waals surface area (Å²) in [5.41, 5.74) is 3.42. The van der Waals surface area contributed by atoms with E-state index in [1.807, 2.05) is 7.05 Å². The van der Waals surface area contributed by atoms with E-state index in [2.05, 4.69) is 35.3 Å². The largest absolute Gasteiger partial charge is 0.353 e. The van der Waals surface area contributed by atoms with Gasteiger partial charge >= 0.3 is 0 Å². The van der Waals surface area contributed by atoms with Crippen LogP contribution in [-0.4, -0.2) is 44.6 Å². The van der Waals surface area contributed by atoms with Crippen molar-refractivity contribution < 1.29 is 8.42 Å². The van der Waals surface area contributed by atoms with Gasteiger partial charge in [0.25, 0.3) is 0 Å². The maximum Gasteiger partial charge on any atom is 0.171 e. The van der Waals surface area contributed by atoms with Crippen molar-refractivity contribution in [1.82, 2.24) is 5.32 Å². The van der Waals surface area contributed by atoms with E-state index in [1.165, 1.54) is 11.1 Å². The molecule has 21 heavy (non-hydrogen) atoms. The van der Waals surface area contributed by atoms with Gasteiger partial charge in [0.2, 0.25) is 0 Å². The first-order chi connectivity index (χ1) is 9.99. The van der Waals surface area contributed by atoms with Crippen LogP contribution in [0.2, 0.25) is 0 Å². The molecule has 0 radical (unpaired) electrons. The minimum absolute atomic E-state index is 0.196. The van der Waals surface area contributed by atoms with E-state index >= 15 is 0 Å². The predicted octanol–water partition coefficient (Wildman–Crippen LogP) is 2.03. The zero-order valence-corrected chi connectivity index (χ0v) is 14.6. The fourth-order valence-corrected chi connectivity index (χ4v) is 5.66. The molecule has 1 aromatic rings. The highest BCUT2D eigenvalue weighted by Crippen LogP contribution is 2.30. The molecule has 2 rings (SSSR count). The van der Waals surface area contributed by atoms with Crippen LogP contribution in [0.3, 0.4) is 0 Å². The highest BCUT2D eigenvalue weighted by molar-refractivity contribution is 8.01. The molecule has 1 N–H and O–H groups in total. The van der Waals surface area contributed by atoms with Crippen molar-refractivity contribution in [2.45, 2.75) is 25.8 Å². The number of benzene rings is 1. The Hall–Kier alpha value is -0.720. The van der Waals surface area contributed by atoms with Crippen LogP contribution in [0.1, 0.15) is 18.1 Å². The molecule has 1 heterocycles. The zero-order valence-electron chi connectivity index (χ0n) is 12.9. The van der Waals surface area contributed by atoms with Crippen LogP contribution < -0.4 is 10.2 Å². The summed E-state index contributed by atoms with van der Waals surface area (Å²) in [6.07, 6.45) is 0. The highest BCUT2D eigenvalue weighted by atomic mass is 32.2. The first-order valence-electron chi connectivity index (χ1n) is 7.29. The molecule has 1 atom stereocenters. The number of anilines is 1. The summed E-state index contributed by atoms with van der Waals surface area (Å²) < 4.78 is 24.8. The third kappa shape index (κ3) is 3.73. The average Bonchev–Trinajstić information content (AvgIpc) is 2.48. The summed E-state index contributed by atoms with van der Waals surface area (Å²) in [5, 5.41) is 2.77. The van der Waals surface area contributed by atoms with Crippen LogP contribution in [0.25, 0.3) is 0 Å². The van der Waals surface area contributed by atoms with E-state index in [4.69, 9.17) is 0 Å². The Kier molecular flexibility index (Phi) is 5.57. The fourth-order valence-electron chi connectivity index (χ4n) is 2.67. The van der Waals surface area contributed by atoms with Gasteiger partial charge in [-0.1, -0.05) is 24.6 Å². The van der Waals surface area contributed by atoms with Gasteiger partial charge in [-0.3, -0.25) is 0 Å². The number of hydrogen-bond acceptors (Lipinski definition) is 5. The molecule has 0 bridgehead atoms. The van der Waals surface area contributed by atoms with E-state index in [0.29, 0.717) is 5.75 Å². The van der Waals surface area contributed by atoms with Crippen LogP contribution in [-0.2, 0) is 16.4 Å². The quantitative estimate of drug-likeness (QED) is 0.896. The Labute approximate surface area is 132 Å². The Balaban J connectivity index is 2.42. The molecule has 1 unspecified atom stereocenters. The number of hydrogen-bond donors (Lipinski definition) is 1. The van der Waals surface area contributed by atoms with Crippen LogP contribution in [0.4, 0.5) is 5.69 Å². The first kappa shape index (κ1) is 16.6. The third-order valence-corrected chi connectivity index (χ3v) is 7.10. The van der Waals surface area contributed by atoms with Crippen LogP contribution in [0, 0.1) is 6.92 Å². The van der Waals surface area contributed by atoms with Crippen molar-refractivity contribution in [1.29, 1.82) is 0 Å². The Bertz CT molecular complexity index is 587. The lowest BCUT2D eigenvalue weighted by Gasteiger charge is -2.37. The second-order valence-electron chi connectivity index (χ2n) is 5.34. The molecule has 1 aliphatic heterocycles. The van der Waals surface area contributed by atoms with Crippen LogP contribution in [0.15, 0.2) is 18.2 Å². The smallest absolute Gasteiger partial charge is 0.171 e. The molecule has 0 spiro atoms. The maximum atomic E-state index is 12.4.